The van der Waals surface area contributed by atoms with Gasteiger partial charge in [0.15, 0.2) is 0 Å². The van der Waals surface area contributed by atoms with Gasteiger partial charge in [-0.1, -0.05) is 51.3 Å². The van der Waals surface area contributed by atoms with E-state index >= 15 is 0 Å². The van der Waals surface area contributed by atoms with E-state index in [4.69, 9.17) is 14.5 Å². The molecule has 0 aliphatic carbocycles. The zero-order valence-electron chi connectivity index (χ0n) is 20.5. The van der Waals surface area contributed by atoms with E-state index in [1.807, 2.05) is 40.6 Å². The molecular formula is C25H34N6O3S. The van der Waals surface area contributed by atoms with Crippen LogP contribution in [0.4, 0.5) is 4.79 Å². The van der Waals surface area contributed by atoms with Crippen LogP contribution in [0.1, 0.15) is 75.2 Å². The van der Waals surface area contributed by atoms with Crippen molar-refractivity contribution in [1.29, 1.82) is 0 Å². The normalized spacial score (nSPS) is 16.1. The van der Waals surface area contributed by atoms with Crippen LogP contribution < -0.4 is 4.74 Å². The van der Waals surface area contributed by atoms with E-state index in [-0.39, 0.29) is 6.09 Å². The number of unbranched alkanes of at least 4 members (excludes halogenated alkanes) is 1. The minimum absolute atomic E-state index is 0.187. The Morgan fingerprint density at radius 1 is 1.20 bits per heavy atom. The molecule has 3 heterocycles. The Morgan fingerprint density at radius 2 is 2.00 bits per heavy atom. The third-order valence-corrected chi connectivity index (χ3v) is 7.50. The van der Waals surface area contributed by atoms with Crippen LogP contribution in [0.2, 0.25) is 0 Å². The average Bonchev–Trinajstić information content (AvgIpc) is 3.61. The fourth-order valence-electron chi connectivity index (χ4n) is 4.24. The van der Waals surface area contributed by atoms with Crippen molar-refractivity contribution in [3.63, 3.8) is 0 Å². The van der Waals surface area contributed by atoms with E-state index < -0.39 is 6.23 Å². The molecule has 1 aromatic carbocycles. The van der Waals surface area contributed by atoms with Crippen molar-refractivity contribution < 1.29 is 14.3 Å². The molecule has 10 heteroatoms. The van der Waals surface area contributed by atoms with E-state index in [2.05, 4.69) is 29.4 Å². The monoisotopic (exact) mass is 498 g/mol. The Kier molecular flexibility index (Phi) is 9.05. The maximum Gasteiger partial charge on any atom is 0.409 e. The highest BCUT2D eigenvalue weighted by molar-refractivity contribution is 7.09. The van der Waals surface area contributed by atoms with Gasteiger partial charge in [-0.15, -0.1) is 16.4 Å². The molecular weight excluding hydrogens is 464 g/mol. The zero-order valence-corrected chi connectivity index (χ0v) is 21.3. The number of aromatic nitrogens is 5. The van der Waals surface area contributed by atoms with Gasteiger partial charge in [-0.05, 0) is 47.7 Å². The molecule has 2 unspecified atom stereocenters. The molecule has 9 nitrogen and oxygen atoms in total. The number of carbonyl (C=O) groups excluding carboxylic acids is 1. The van der Waals surface area contributed by atoms with Crippen molar-refractivity contribution in [1.82, 2.24) is 30.1 Å². The van der Waals surface area contributed by atoms with E-state index in [0.29, 0.717) is 31.5 Å². The lowest BCUT2D eigenvalue weighted by Gasteiger charge is -2.30. The topological polar surface area (TPSA) is 95.3 Å². The van der Waals surface area contributed by atoms with E-state index in [1.54, 1.807) is 16.0 Å². The molecule has 3 aromatic rings. The second-order valence-corrected chi connectivity index (χ2v) is 9.83. The molecule has 4 rings (SSSR count). The van der Waals surface area contributed by atoms with Crippen molar-refractivity contribution in [3.8, 4) is 5.75 Å². The number of thiazole rings is 1. The summed E-state index contributed by atoms with van der Waals surface area (Å²) >= 11 is 1.62. The highest BCUT2D eigenvalue weighted by Crippen LogP contribution is 2.33. The Morgan fingerprint density at radius 3 is 2.69 bits per heavy atom. The second-order valence-electron chi connectivity index (χ2n) is 8.94. The van der Waals surface area contributed by atoms with E-state index in [9.17, 15) is 4.79 Å². The molecule has 1 fully saturated rings. The molecule has 0 N–H and O–H groups in total. The van der Waals surface area contributed by atoms with Crippen LogP contribution in [-0.2, 0) is 4.74 Å². The van der Waals surface area contributed by atoms with Crippen molar-refractivity contribution in [3.05, 3.63) is 52.7 Å². The number of likely N-dealkylation sites (tertiary alicyclic amines) is 1. The summed E-state index contributed by atoms with van der Waals surface area (Å²) in [6.07, 6.45) is 7.04. The minimum atomic E-state index is -0.549. The van der Waals surface area contributed by atoms with Gasteiger partial charge in [-0.3, -0.25) is 0 Å². The SMILES string of the molecule is CCCCC(CC)COC(=O)N1CCC(c2nc(C(Oc3ccccc3)n3cnnn3)cs2)CC1. The van der Waals surface area contributed by atoms with Gasteiger partial charge in [0.25, 0.3) is 0 Å². The van der Waals surface area contributed by atoms with Gasteiger partial charge < -0.3 is 14.4 Å². The summed E-state index contributed by atoms with van der Waals surface area (Å²) < 4.78 is 13.4. The van der Waals surface area contributed by atoms with Gasteiger partial charge in [0.05, 0.1) is 11.6 Å². The summed E-state index contributed by atoms with van der Waals surface area (Å²) in [5.41, 5.74) is 0.765. The highest BCUT2D eigenvalue weighted by atomic mass is 32.1. The molecule has 188 valence electrons. The van der Waals surface area contributed by atoms with Crippen LogP contribution in [-0.4, -0.2) is 55.9 Å². The molecule has 0 bridgehead atoms. The molecule has 1 saturated heterocycles. The van der Waals surface area contributed by atoms with Gasteiger partial charge in [0, 0.05) is 24.4 Å². The van der Waals surface area contributed by atoms with Crippen LogP contribution >= 0.6 is 11.3 Å². The average molecular weight is 499 g/mol. The zero-order chi connectivity index (χ0) is 24.5. The number of piperidine rings is 1. The largest absolute Gasteiger partial charge is 0.463 e. The van der Waals surface area contributed by atoms with Crippen LogP contribution in [0.15, 0.2) is 42.0 Å². The number of benzene rings is 1. The fraction of sp³-hybridized carbons (Fsp3) is 0.560. The Hall–Kier alpha value is -3.01. The lowest BCUT2D eigenvalue weighted by atomic mass is 9.98. The van der Waals surface area contributed by atoms with Gasteiger partial charge in [0.2, 0.25) is 6.23 Å². The van der Waals surface area contributed by atoms with Crippen molar-refractivity contribution in [2.75, 3.05) is 19.7 Å². The van der Waals surface area contributed by atoms with Crippen LogP contribution in [0.3, 0.4) is 0 Å². The number of carbonyl (C=O) groups is 1. The summed E-state index contributed by atoms with van der Waals surface area (Å²) in [5.74, 6) is 1.47. The van der Waals surface area contributed by atoms with Gasteiger partial charge >= 0.3 is 6.09 Å². The first-order valence-electron chi connectivity index (χ1n) is 12.5. The van der Waals surface area contributed by atoms with Crippen LogP contribution in [0.5, 0.6) is 5.75 Å². The predicted molar refractivity (Wildman–Crippen MR) is 133 cm³/mol. The molecule has 0 radical (unpaired) electrons. The van der Waals surface area contributed by atoms with Crippen LogP contribution in [0.25, 0.3) is 0 Å². The Balaban J connectivity index is 1.33. The molecule has 2 aromatic heterocycles. The lowest BCUT2D eigenvalue weighted by molar-refractivity contribution is 0.0768. The quantitative estimate of drug-likeness (QED) is 0.354. The Bertz CT molecular complexity index is 1020. The molecule has 1 aliphatic rings. The number of tetrazole rings is 1. The molecule has 1 amide bonds. The first kappa shape index (κ1) is 25.1. The number of nitrogens with zero attached hydrogens (tertiary/aromatic N) is 6. The first-order chi connectivity index (χ1) is 17.2. The van der Waals surface area contributed by atoms with Gasteiger partial charge in [0.1, 0.15) is 17.8 Å². The molecule has 2 atom stereocenters. The number of hydrogen-bond donors (Lipinski definition) is 0. The van der Waals surface area contributed by atoms with Gasteiger partial charge in [-0.25, -0.2) is 9.78 Å². The second kappa shape index (κ2) is 12.6. The number of amides is 1. The van der Waals surface area contributed by atoms with E-state index in [0.717, 1.165) is 42.1 Å². The molecule has 1 aliphatic heterocycles. The molecule has 0 saturated carbocycles. The number of hydrogen-bond acceptors (Lipinski definition) is 8. The first-order valence-corrected chi connectivity index (χ1v) is 13.4. The lowest BCUT2D eigenvalue weighted by Crippen LogP contribution is -2.38. The van der Waals surface area contributed by atoms with Crippen molar-refractivity contribution >= 4 is 17.4 Å². The fourth-order valence-corrected chi connectivity index (χ4v) is 5.24. The third-order valence-electron chi connectivity index (χ3n) is 6.48. The number of ether oxygens (including phenoxy) is 2. The predicted octanol–water partition coefficient (Wildman–Crippen LogP) is 5.29. The summed E-state index contributed by atoms with van der Waals surface area (Å²) in [4.78, 5) is 19.3. The summed E-state index contributed by atoms with van der Waals surface area (Å²) in [7, 11) is 0. The van der Waals surface area contributed by atoms with Crippen molar-refractivity contribution in [2.45, 2.75) is 64.5 Å². The number of rotatable bonds is 11. The van der Waals surface area contributed by atoms with E-state index in [1.165, 1.54) is 19.2 Å². The Labute approximate surface area is 210 Å². The number of para-hydroxylation sites is 1. The standard InChI is InChI=1S/C25H34N6O3S/c1-3-5-9-19(4-2)16-33-25(32)30-14-12-20(13-15-30)23-27-22(17-35-23)24(31-18-26-28-29-31)34-21-10-7-6-8-11-21/h6-8,10-11,17-20,24H,3-5,9,12-16H2,1-2H3. The van der Waals surface area contributed by atoms with Crippen molar-refractivity contribution in [2.24, 2.45) is 5.92 Å². The summed E-state index contributed by atoms with van der Waals surface area (Å²) in [5, 5.41) is 14.6. The smallest absolute Gasteiger partial charge is 0.409 e. The minimum Gasteiger partial charge on any atom is -0.463 e. The van der Waals surface area contributed by atoms with Gasteiger partial charge in [-0.2, -0.15) is 4.68 Å². The highest BCUT2D eigenvalue weighted by Gasteiger charge is 2.28. The molecule has 35 heavy (non-hydrogen) atoms. The van der Waals surface area contributed by atoms with Crippen LogP contribution in [0, 0.1) is 5.92 Å². The summed E-state index contributed by atoms with van der Waals surface area (Å²) in [6.45, 7) is 6.24. The third kappa shape index (κ3) is 6.78. The maximum atomic E-state index is 12.6. The maximum absolute atomic E-state index is 12.6. The molecule has 0 spiro atoms. The summed E-state index contributed by atoms with van der Waals surface area (Å²) in [6, 6.07) is 9.57.